The Kier molecular flexibility index (Phi) is 6.67. The molecule has 1 N–H and O–H groups in total. The van der Waals surface area contributed by atoms with Crippen LogP contribution in [0.2, 0.25) is 0 Å². The van der Waals surface area contributed by atoms with Gasteiger partial charge < -0.3 is 15.1 Å². The fourth-order valence-corrected chi connectivity index (χ4v) is 4.22. The Bertz CT molecular complexity index is 932. The summed E-state index contributed by atoms with van der Waals surface area (Å²) in [6.07, 6.45) is 0.816. The summed E-state index contributed by atoms with van der Waals surface area (Å²) in [4.78, 5) is 32.3. The van der Waals surface area contributed by atoms with Crippen molar-refractivity contribution in [2.75, 3.05) is 52.9 Å². The second-order valence-corrected chi connectivity index (χ2v) is 8.61. The third-order valence-corrected chi connectivity index (χ3v) is 6.08. The quantitative estimate of drug-likeness (QED) is 0.755. The molecule has 1 aromatic heterocycles. The smallest absolute Gasteiger partial charge is 0.272 e. The number of nitrogens with zero attached hydrogens (tertiary/aromatic N) is 5. The molecule has 31 heavy (non-hydrogen) atoms. The summed E-state index contributed by atoms with van der Waals surface area (Å²) in [6.45, 7) is 9.52. The number of aromatic nitrogens is 2. The van der Waals surface area contributed by atoms with Crippen LogP contribution in [0.4, 0.5) is 0 Å². The molecule has 2 aliphatic rings. The highest BCUT2D eigenvalue weighted by Gasteiger charge is 2.26. The topological polar surface area (TPSA) is 73.7 Å². The molecule has 1 fully saturated rings. The first kappa shape index (κ1) is 21.5. The van der Waals surface area contributed by atoms with Crippen LogP contribution in [0.3, 0.4) is 0 Å². The molecule has 1 saturated heterocycles. The summed E-state index contributed by atoms with van der Waals surface area (Å²) < 4.78 is 1.69. The van der Waals surface area contributed by atoms with Crippen molar-refractivity contribution in [1.82, 2.24) is 29.8 Å². The largest absolute Gasteiger partial charge is 0.349 e. The van der Waals surface area contributed by atoms with Crippen molar-refractivity contribution in [2.45, 2.75) is 26.4 Å². The molecule has 0 unspecified atom stereocenters. The van der Waals surface area contributed by atoms with Crippen molar-refractivity contribution >= 4 is 11.8 Å². The molecule has 8 heteroatoms. The van der Waals surface area contributed by atoms with E-state index < -0.39 is 0 Å². The Balaban J connectivity index is 1.36. The molecule has 1 aromatic carbocycles. The Morgan fingerprint density at radius 3 is 2.68 bits per heavy atom. The molecule has 0 spiro atoms. The maximum atomic E-state index is 13.1. The van der Waals surface area contributed by atoms with Gasteiger partial charge in [0.1, 0.15) is 5.69 Å². The van der Waals surface area contributed by atoms with Gasteiger partial charge in [0.15, 0.2) is 5.69 Å². The minimum absolute atomic E-state index is 0.0667. The summed E-state index contributed by atoms with van der Waals surface area (Å²) in [7, 11) is 2.13. The lowest BCUT2D eigenvalue weighted by Crippen LogP contribution is -2.46. The highest BCUT2D eigenvalue weighted by Crippen LogP contribution is 2.17. The third-order valence-electron chi connectivity index (χ3n) is 6.08. The van der Waals surface area contributed by atoms with Gasteiger partial charge in [-0.25, -0.2) is 0 Å². The van der Waals surface area contributed by atoms with Crippen molar-refractivity contribution in [3.05, 3.63) is 52.8 Å². The van der Waals surface area contributed by atoms with E-state index in [2.05, 4.69) is 46.3 Å². The molecule has 2 amide bonds. The van der Waals surface area contributed by atoms with Crippen LogP contribution >= 0.6 is 0 Å². The average Bonchev–Trinajstić information content (AvgIpc) is 3.12. The summed E-state index contributed by atoms with van der Waals surface area (Å²) in [5.41, 5.74) is 3.11. The van der Waals surface area contributed by atoms with Gasteiger partial charge in [-0.15, -0.1) is 0 Å². The van der Waals surface area contributed by atoms with Crippen molar-refractivity contribution in [3.8, 4) is 0 Å². The number of benzene rings is 1. The van der Waals surface area contributed by atoms with Gasteiger partial charge in [-0.1, -0.05) is 29.8 Å². The number of nitrogens with one attached hydrogen (secondary N) is 1. The Morgan fingerprint density at radius 2 is 1.90 bits per heavy atom. The molecule has 0 saturated carbocycles. The van der Waals surface area contributed by atoms with Gasteiger partial charge >= 0.3 is 0 Å². The van der Waals surface area contributed by atoms with Crippen LogP contribution in [0.25, 0.3) is 0 Å². The van der Waals surface area contributed by atoms with E-state index in [9.17, 15) is 9.59 Å². The minimum atomic E-state index is -0.215. The first-order chi connectivity index (χ1) is 15.0. The number of hydrogen-bond donors (Lipinski definition) is 1. The zero-order valence-electron chi connectivity index (χ0n) is 18.5. The Hall–Kier alpha value is -2.71. The highest BCUT2D eigenvalue weighted by atomic mass is 16.2. The van der Waals surface area contributed by atoms with Crippen LogP contribution in [0, 0.1) is 6.92 Å². The molecule has 4 rings (SSSR count). The van der Waals surface area contributed by atoms with E-state index >= 15 is 0 Å². The predicted molar refractivity (Wildman–Crippen MR) is 119 cm³/mol. The fourth-order valence-electron chi connectivity index (χ4n) is 4.22. The molecule has 166 valence electrons. The van der Waals surface area contributed by atoms with Crippen molar-refractivity contribution < 1.29 is 9.59 Å². The van der Waals surface area contributed by atoms with Crippen LogP contribution in [-0.2, 0) is 13.1 Å². The molecule has 0 aliphatic carbocycles. The molecule has 3 heterocycles. The van der Waals surface area contributed by atoms with Crippen molar-refractivity contribution in [2.24, 2.45) is 0 Å². The molecular formula is C23H32N6O2. The SMILES string of the molecule is Cc1cccc(CN2CCCn3nc(C(=O)NCCN4CCN(C)CC4)cc3C2=O)c1. The van der Waals surface area contributed by atoms with E-state index in [1.54, 1.807) is 10.7 Å². The number of piperazine rings is 1. The van der Waals surface area contributed by atoms with Gasteiger partial charge in [0.05, 0.1) is 0 Å². The fraction of sp³-hybridized carbons (Fsp3) is 0.522. The first-order valence-electron chi connectivity index (χ1n) is 11.1. The molecule has 8 nitrogen and oxygen atoms in total. The number of hydrogen-bond acceptors (Lipinski definition) is 5. The van der Waals surface area contributed by atoms with Gasteiger partial charge in [0, 0.05) is 65.0 Å². The minimum Gasteiger partial charge on any atom is -0.349 e. The first-order valence-corrected chi connectivity index (χ1v) is 11.1. The zero-order valence-corrected chi connectivity index (χ0v) is 18.5. The summed E-state index contributed by atoms with van der Waals surface area (Å²) >= 11 is 0. The number of carbonyl (C=O) groups excluding carboxylic acids is 2. The van der Waals surface area contributed by atoms with Gasteiger partial charge in [0.2, 0.25) is 0 Å². The normalized spacial score (nSPS) is 18.0. The number of likely N-dealkylation sites (N-methyl/N-ethyl adjacent to an activating group) is 1. The predicted octanol–water partition coefficient (Wildman–Crippen LogP) is 1.21. The number of fused-ring (bicyclic) bond motifs is 1. The van der Waals surface area contributed by atoms with Gasteiger partial charge in [-0.3, -0.25) is 19.2 Å². The lowest BCUT2D eigenvalue weighted by molar-refractivity contribution is 0.0745. The summed E-state index contributed by atoms with van der Waals surface area (Å²) in [5.74, 6) is -0.282. The average molecular weight is 425 g/mol. The standard InChI is InChI=1S/C23H32N6O2/c1-18-5-3-6-19(15-18)17-28-8-4-9-29-21(23(28)31)16-20(25-29)22(30)24-7-10-27-13-11-26(2)12-14-27/h3,5-6,15-16H,4,7-14,17H2,1-2H3,(H,24,30). The van der Waals surface area contributed by atoms with E-state index in [1.807, 2.05) is 17.0 Å². The molecule has 2 aromatic rings. The highest BCUT2D eigenvalue weighted by molar-refractivity contribution is 5.98. The summed E-state index contributed by atoms with van der Waals surface area (Å²) in [5, 5.41) is 7.39. The van der Waals surface area contributed by atoms with Crippen LogP contribution < -0.4 is 5.32 Å². The number of carbonyl (C=O) groups is 2. The second kappa shape index (κ2) is 9.62. The van der Waals surface area contributed by atoms with Gasteiger partial charge in [-0.2, -0.15) is 5.10 Å². The maximum Gasteiger partial charge on any atom is 0.272 e. The van der Waals surface area contributed by atoms with E-state index in [0.29, 0.717) is 37.6 Å². The van der Waals surface area contributed by atoms with Crippen molar-refractivity contribution in [1.29, 1.82) is 0 Å². The molecule has 2 aliphatic heterocycles. The number of rotatable bonds is 6. The molecular weight excluding hydrogens is 392 g/mol. The van der Waals surface area contributed by atoms with E-state index in [1.165, 1.54) is 5.56 Å². The Morgan fingerprint density at radius 1 is 1.10 bits per heavy atom. The zero-order chi connectivity index (χ0) is 21.8. The van der Waals surface area contributed by atoms with Gasteiger partial charge in [0.25, 0.3) is 11.8 Å². The Labute approximate surface area is 183 Å². The van der Waals surface area contributed by atoms with E-state index in [-0.39, 0.29) is 11.8 Å². The monoisotopic (exact) mass is 424 g/mol. The number of amides is 2. The van der Waals surface area contributed by atoms with Crippen LogP contribution in [0.1, 0.15) is 38.5 Å². The number of aryl methyl sites for hydroxylation is 2. The molecule has 0 radical (unpaired) electrons. The van der Waals surface area contributed by atoms with Crippen LogP contribution in [-0.4, -0.2) is 89.2 Å². The summed E-state index contributed by atoms with van der Waals surface area (Å²) in [6, 6.07) is 9.86. The third kappa shape index (κ3) is 5.32. The maximum absolute atomic E-state index is 13.1. The van der Waals surface area contributed by atoms with E-state index in [4.69, 9.17) is 0 Å². The lowest BCUT2D eigenvalue weighted by Gasteiger charge is -2.32. The van der Waals surface area contributed by atoms with Gasteiger partial charge in [-0.05, 0) is 26.0 Å². The van der Waals surface area contributed by atoms with Crippen LogP contribution in [0.15, 0.2) is 30.3 Å². The molecule has 0 atom stereocenters. The van der Waals surface area contributed by atoms with Crippen LogP contribution in [0.5, 0.6) is 0 Å². The lowest BCUT2D eigenvalue weighted by atomic mass is 10.1. The molecule has 0 bridgehead atoms. The van der Waals surface area contributed by atoms with E-state index in [0.717, 1.165) is 44.7 Å². The van der Waals surface area contributed by atoms with Crippen molar-refractivity contribution in [3.63, 3.8) is 0 Å². The second-order valence-electron chi connectivity index (χ2n) is 8.61.